The van der Waals surface area contributed by atoms with E-state index in [-0.39, 0.29) is 5.25 Å². The van der Waals surface area contributed by atoms with Crippen molar-refractivity contribution in [3.05, 3.63) is 35.4 Å². The van der Waals surface area contributed by atoms with Crippen molar-refractivity contribution in [2.45, 2.75) is 57.6 Å². The van der Waals surface area contributed by atoms with Crippen LogP contribution in [0.2, 0.25) is 0 Å². The van der Waals surface area contributed by atoms with Crippen LogP contribution in [0.15, 0.2) is 24.3 Å². The summed E-state index contributed by atoms with van der Waals surface area (Å²) in [6, 6.07) is 8.73. The summed E-state index contributed by atoms with van der Waals surface area (Å²) < 4.78 is 13.0. The van der Waals surface area contributed by atoms with Crippen molar-refractivity contribution in [3.63, 3.8) is 0 Å². The molecule has 1 N–H and O–H groups in total. The van der Waals surface area contributed by atoms with E-state index in [9.17, 15) is 4.21 Å². The lowest BCUT2D eigenvalue weighted by molar-refractivity contribution is 0.248. The zero-order valence-electron chi connectivity index (χ0n) is 13.8. The first-order chi connectivity index (χ1) is 10.0. The van der Waals surface area contributed by atoms with Crippen LogP contribution in [0, 0.1) is 18.8 Å². The van der Waals surface area contributed by atoms with Crippen molar-refractivity contribution in [2.24, 2.45) is 11.8 Å². The van der Waals surface area contributed by atoms with Gasteiger partial charge in [0.15, 0.2) is 0 Å². The van der Waals surface area contributed by atoms with Gasteiger partial charge in [-0.15, -0.1) is 0 Å². The van der Waals surface area contributed by atoms with Crippen molar-refractivity contribution in [3.8, 4) is 0 Å². The quantitative estimate of drug-likeness (QED) is 0.899. The lowest BCUT2D eigenvalue weighted by Gasteiger charge is -2.39. The first-order valence-corrected chi connectivity index (χ1v) is 9.56. The molecule has 2 nitrogen and oxygen atoms in total. The SMILES string of the molecule is CCNC1CC(C)CC(C)C1S(=O)Cc1ccccc1C. The second-order valence-corrected chi connectivity index (χ2v) is 8.23. The highest BCUT2D eigenvalue weighted by Crippen LogP contribution is 2.33. The molecule has 0 saturated heterocycles. The molecule has 5 unspecified atom stereocenters. The third-order valence-electron chi connectivity index (χ3n) is 4.72. The molecule has 0 amide bonds. The maximum atomic E-state index is 13.0. The predicted molar refractivity (Wildman–Crippen MR) is 91.8 cm³/mol. The summed E-state index contributed by atoms with van der Waals surface area (Å²) in [6.45, 7) is 9.82. The van der Waals surface area contributed by atoms with Gasteiger partial charge in [-0.25, -0.2) is 0 Å². The zero-order chi connectivity index (χ0) is 15.4. The highest BCUT2D eigenvalue weighted by molar-refractivity contribution is 7.84. The molecule has 1 aliphatic carbocycles. The van der Waals surface area contributed by atoms with Gasteiger partial charge in [0.25, 0.3) is 0 Å². The monoisotopic (exact) mass is 307 g/mol. The standard InChI is InChI=1S/C18H29NOS/c1-5-19-17-11-13(2)10-15(4)18(17)21(20)12-16-9-7-6-8-14(16)3/h6-9,13,15,17-19H,5,10-12H2,1-4H3. The van der Waals surface area contributed by atoms with Crippen molar-refractivity contribution < 1.29 is 4.21 Å². The molecule has 0 aromatic heterocycles. The average Bonchev–Trinajstić information content (AvgIpc) is 2.41. The Bertz CT molecular complexity index is 488. The Kier molecular flexibility index (Phi) is 6.00. The molecular formula is C18H29NOS. The third-order valence-corrected chi connectivity index (χ3v) is 6.71. The van der Waals surface area contributed by atoms with Gasteiger partial charge in [0.2, 0.25) is 0 Å². The van der Waals surface area contributed by atoms with E-state index >= 15 is 0 Å². The van der Waals surface area contributed by atoms with Crippen molar-refractivity contribution in [2.75, 3.05) is 6.54 Å². The van der Waals surface area contributed by atoms with Gasteiger partial charge < -0.3 is 5.32 Å². The molecule has 0 bridgehead atoms. The molecule has 118 valence electrons. The maximum absolute atomic E-state index is 13.0. The van der Waals surface area contributed by atoms with Crippen LogP contribution >= 0.6 is 0 Å². The zero-order valence-corrected chi connectivity index (χ0v) is 14.6. The summed E-state index contributed by atoms with van der Waals surface area (Å²) in [6.07, 6.45) is 2.36. The Balaban J connectivity index is 2.13. The molecule has 5 atom stereocenters. The third kappa shape index (κ3) is 4.17. The normalized spacial score (nSPS) is 31.0. The second-order valence-electron chi connectivity index (χ2n) is 6.63. The molecule has 3 heteroatoms. The Morgan fingerprint density at radius 3 is 2.62 bits per heavy atom. The van der Waals surface area contributed by atoms with Crippen molar-refractivity contribution in [1.29, 1.82) is 0 Å². The van der Waals surface area contributed by atoms with Gasteiger partial charge in [0.1, 0.15) is 0 Å². The van der Waals surface area contributed by atoms with E-state index in [1.54, 1.807) is 0 Å². The fourth-order valence-corrected chi connectivity index (χ4v) is 5.78. The largest absolute Gasteiger partial charge is 0.313 e. The molecule has 2 rings (SSSR count). The molecule has 1 aliphatic rings. The Morgan fingerprint density at radius 1 is 1.24 bits per heavy atom. The van der Waals surface area contributed by atoms with Gasteiger partial charge >= 0.3 is 0 Å². The maximum Gasteiger partial charge on any atom is 0.0530 e. The lowest BCUT2D eigenvalue weighted by atomic mass is 9.80. The van der Waals surface area contributed by atoms with E-state index in [2.05, 4.69) is 45.1 Å². The fraction of sp³-hybridized carbons (Fsp3) is 0.667. The highest BCUT2D eigenvalue weighted by atomic mass is 32.2. The van der Waals surface area contributed by atoms with E-state index in [0.29, 0.717) is 17.7 Å². The van der Waals surface area contributed by atoms with E-state index in [1.807, 2.05) is 12.1 Å². The number of benzene rings is 1. The van der Waals surface area contributed by atoms with Crippen LogP contribution in [0.25, 0.3) is 0 Å². The van der Waals surface area contributed by atoms with Crippen molar-refractivity contribution in [1.82, 2.24) is 5.32 Å². The Hall–Kier alpha value is -0.670. The molecule has 21 heavy (non-hydrogen) atoms. The van der Waals surface area contributed by atoms with E-state index in [0.717, 1.165) is 18.9 Å². The molecule has 0 heterocycles. The van der Waals surface area contributed by atoms with Crippen LogP contribution in [-0.2, 0) is 16.6 Å². The van der Waals surface area contributed by atoms with Crippen LogP contribution in [0.5, 0.6) is 0 Å². The van der Waals surface area contributed by atoms with Crippen LogP contribution < -0.4 is 5.32 Å². The van der Waals surface area contributed by atoms with Crippen LogP contribution in [0.3, 0.4) is 0 Å². The predicted octanol–water partition coefficient (Wildman–Crippen LogP) is 3.66. The highest BCUT2D eigenvalue weighted by Gasteiger charge is 2.37. The molecule has 1 fully saturated rings. The minimum absolute atomic E-state index is 0.278. The Labute approximate surface area is 132 Å². The summed E-state index contributed by atoms with van der Waals surface area (Å²) in [4.78, 5) is 0. The summed E-state index contributed by atoms with van der Waals surface area (Å²) in [5.74, 6) is 1.95. The summed E-state index contributed by atoms with van der Waals surface area (Å²) in [5.41, 5.74) is 2.49. The number of hydrogen-bond acceptors (Lipinski definition) is 2. The molecule has 1 saturated carbocycles. The number of aryl methyl sites for hydroxylation is 1. The molecule has 1 aromatic carbocycles. The molecule has 0 spiro atoms. The van der Waals surface area contributed by atoms with Gasteiger partial charge in [-0.05, 0) is 49.3 Å². The van der Waals surface area contributed by atoms with Crippen LogP contribution in [0.4, 0.5) is 0 Å². The van der Waals surface area contributed by atoms with Gasteiger partial charge in [-0.1, -0.05) is 45.0 Å². The van der Waals surface area contributed by atoms with Gasteiger partial charge in [-0.3, -0.25) is 4.21 Å². The van der Waals surface area contributed by atoms with Crippen molar-refractivity contribution >= 4 is 10.8 Å². The average molecular weight is 308 g/mol. The molecule has 0 radical (unpaired) electrons. The number of nitrogens with one attached hydrogen (secondary N) is 1. The Morgan fingerprint density at radius 2 is 1.95 bits per heavy atom. The summed E-state index contributed by atoms with van der Waals surface area (Å²) in [5, 5.41) is 3.86. The minimum atomic E-state index is -0.807. The minimum Gasteiger partial charge on any atom is -0.313 e. The van der Waals surface area contributed by atoms with E-state index in [1.165, 1.54) is 17.5 Å². The molecule has 1 aromatic rings. The number of rotatable bonds is 5. The van der Waals surface area contributed by atoms with Gasteiger partial charge in [-0.2, -0.15) is 0 Å². The fourth-order valence-electron chi connectivity index (χ4n) is 3.75. The lowest BCUT2D eigenvalue weighted by Crippen LogP contribution is -2.50. The molecule has 0 aliphatic heterocycles. The number of hydrogen-bond donors (Lipinski definition) is 1. The first kappa shape index (κ1) is 16.7. The van der Waals surface area contributed by atoms with Crippen LogP contribution in [-0.4, -0.2) is 22.0 Å². The van der Waals surface area contributed by atoms with Crippen LogP contribution in [0.1, 0.15) is 44.7 Å². The molecular weight excluding hydrogens is 278 g/mol. The smallest absolute Gasteiger partial charge is 0.0530 e. The topological polar surface area (TPSA) is 29.1 Å². The van der Waals surface area contributed by atoms with E-state index < -0.39 is 10.8 Å². The summed E-state index contributed by atoms with van der Waals surface area (Å²) >= 11 is 0. The second kappa shape index (κ2) is 7.55. The van der Waals surface area contributed by atoms with Gasteiger partial charge in [0.05, 0.1) is 5.25 Å². The summed E-state index contributed by atoms with van der Waals surface area (Å²) in [7, 11) is -0.807. The van der Waals surface area contributed by atoms with Gasteiger partial charge in [0, 0.05) is 22.6 Å². The first-order valence-electron chi connectivity index (χ1n) is 8.18. The van der Waals surface area contributed by atoms with E-state index in [4.69, 9.17) is 0 Å².